The lowest BCUT2D eigenvalue weighted by atomic mass is 10.1. The van der Waals surface area contributed by atoms with Gasteiger partial charge in [-0.25, -0.2) is 0 Å². The third-order valence-corrected chi connectivity index (χ3v) is 2.24. The number of rotatable bonds is 1. The average Bonchev–Trinajstić information content (AvgIpc) is 2.04. The summed E-state index contributed by atoms with van der Waals surface area (Å²) in [6.45, 7) is 2.06. The maximum Gasteiger partial charge on any atom is 0.0404 e. The predicted octanol–water partition coefficient (Wildman–Crippen LogP) is 2.65. The Morgan fingerprint density at radius 3 is 2.64 bits per heavy atom. The first-order valence-electron chi connectivity index (χ1n) is 3.39. The topological polar surface area (TPSA) is 26.0 Å². The van der Waals surface area contributed by atoms with Gasteiger partial charge in [-0.15, -0.1) is 0 Å². The molecule has 1 rings (SSSR count). The molecule has 0 radical (unpaired) electrons. The molecule has 1 aromatic carbocycles. The summed E-state index contributed by atoms with van der Waals surface area (Å²) in [6, 6.07) is 8.09. The van der Waals surface area contributed by atoms with Crippen LogP contribution in [0, 0.1) is 6.92 Å². The lowest BCUT2D eigenvalue weighted by Gasteiger charge is -2.01. The first-order valence-corrected chi connectivity index (χ1v) is 4.18. The summed E-state index contributed by atoms with van der Waals surface area (Å²) in [6.07, 6.45) is 1.56. The molecule has 11 heavy (non-hydrogen) atoms. The van der Waals surface area contributed by atoms with Crippen molar-refractivity contribution in [2.45, 2.75) is 6.92 Å². The van der Waals surface area contributed by atoms with Crippen molar-refractivity contribution in [2.75, 3.05) is 0 Å². The molecule has 58 valence electrons. The van der Waals surface area contributed by atoms with Crippen LogP contribution in [-0.2, 0) is 0 Å². The first kappa shape index (κ1) is 8.34. The van der Waals surface area contributed by atoms with Crippen LogP contribution in [0.2, 0.25) is 0 Å². The van der Waals surface area contributed by atoms with Gasteiger partial charge in [0, 0.05) is 10.7 Å². The minimum absolute atomic E-state index is 0.940. The fraction of sp³-hybridized carbons (Fsp3) is 0.111. The Labute approximate surface area is 75.0 Å². The Hall–Kier alpha value is -0.760. The summed E-state index contributed by atoms with van der Waals surface area (Å²) in [7, 11) is 0. The molecule has 1 aromatic rings. The van der Waals surface area contributed by atoms with Crippen LogP contribution in [0.3, 0.4) is 0 Å². The Balaban J connectivity index is 3.14. The molecule has 0 heterocycles. The molecular formula is C9H10BrN. The fourth-order valence-electron chi connectivity index (χ4n) is 0.931. The molecule has 0 saturated heterocycles. The summed E-state index contributed by atoms with van der Waals surface area (Å²) in [5.41, 5.74) is 7.74. The van der Waals surface area contributed by atoms with Crippen molar-refractivity contribution in [1.82, 2.24) is 0 Å². The van der Waals surface area contributed by atoms with Gasteiger partial charge in [0.25, 0.3) is 0 Å². The highest BCUT2D eigenvalue weighted by atomic mass is 79.9. The summed E-state index contributed by atoms with van der Waals surface area (Å²) in [5, 5.41) is 0. The molecule has 0 aromatic heterocycles. The van der Waals surface area contributed by atoms with Gasteiger partial charge < -0.3 is 5.73 Å². The van der Waals surface area contributed by atoms with Crippen LogP contribution in [-0.4, -0.2) is 0 Å². The Morgan fingerprint density at radius 2 is 2.09 bits per heavy atom. The van der Waals surface area contributed by atoms with Crippen LogP contribution < -0.4 is 5.73 Å². The first-order chi connectivity index (χ1) is 5.25. The molecule has 0 bridgehead atoms. The molecule has 0 atom stereocenters. The van der Waals surface area contributed by atoms with Crippen molar-refractivity contribution in [3.63, 3.8) is 0 Å². The fourth-order valence-corrected chi connectivity index (χ4v) is 1.38. The highest BCUT2D eigenvalue weighted by Gasteiger charge is 1.98. The summed E-state index contributed by atoms with van der Waals surface area (Å²) >= 11 is 3.37. The highest BCUT2D eigenvalue weighted by molar-refractivity contribution is 9.15. The third kappa shape index (κ3) is 1.84. The molecule has 2 N–H and O–H groups in total. The summed E-state index contributed by atoms with van der Waals surface area (Å²) in [4.78, 5) is 0. The zero-order valence-corrected chi connectivity index (χ0v) is 7.93. The summed E-state index contributed by atoms with van der Waals surface area (Å²) < 4.78 is 0.940. The largest absolute Gasteiger partial charge is 0.404 e. The van der Waals surface area contributed by atoms with E-state index in [0.717, 1.165) is 10.0 Å². The lowest BCUT2D eigenvalue weighted by Crippen LogP contribution is -1.85. The number of nitrogens with two attached hydrogens (primary N) is 1. The van der Waals surface area contributed by atoms with E-state index in [2.05, 4.69) is 28.9 Å². The third-order valence-electron chi connectivity index (χ3n) is 1.55. The van der Waals surface area contributed by atoms with Gasteiger partial charge in [0.2, 0.25) is 0 Å². The van der Waals surface area contributed by atoms with Gasteiger partial charge in [-0.1, -0.05) is 24.3 Å². The van der Waals surface area contributed by atoms with Gasteiger partial charge in [-0.2, -0.15) is 0 Å². The number of hydrogen-bond acceptors (Lipinski definition) is 1. The van der Waals surface area contributed by atoms with Crippen LogP contribution in [0.1, 0.15) is 11.1 Å². The monoisotopic (exact) mass is 211 g/mol. The maximum atomic E-state index is 5.36. The van der Waals surface area contributed by atoms with Gasteiger partial charge in [-0.05, 0) is 34.0 Å². The van der Waals surface area contributed by atoms with Crippen LogP contribution in [0.15, 0.2) is 30.5 Å². The number of aryl methyl sites for hydroxylation is 1. The molecule has 0 aliphatic carbocycles. The van der Waals surface area contributed by atoms with Crippen molar-refractivity contribution in [2.24, 2.45) is 5.73 Å². The molecule has 0 amide bonds. The molecule has 0 fully saturated rings. The van der Waals surface area contributed by atoms with E-state index in [0.29, 0.717) is 0 Å². The molecule has 0 unspecified atom stereocenters. The second-order valence-electron chi connectivity index (χ2n) is 2.33. The zero-order chi connectivity index (χ0) is 8.27. The van der Waals surface area contributed by atoms with Gasteiger partial charge in [0.05, 0.1) is 0 Å². The van der Waals surface area contributed by atoms with Crippen LogP contribution in [0.5, 0.6) is 0 Å². The van der Waals surface area contributed by atoms with Gasteiger partial charge in [0.15, 0.2) is 0 Å². The number of hydrogen-bond donors (Lipinski definition) is 1. The number of halogens is 1. The SMILES string of the molecule is Cc1ccccc1/C(Br)=C\N. The van der Waals surface area contributed by atoms with Crippen molar-refractivity contribution in [3.05, 3.63) is 41.6 Å². The van der Waals surface area contributed by atoms with E-state index in [-0.39, 0.29) is 0 Å². The van der Waals surface area contributed by atoms with Crippen molar-refractivity contribution >= 4 is 20.4 Å². The van der Waals surface area contributed by atoms with Crippen LogP contribution >= 0.6 is 15.9 Å². The summed E-state index contributed by atoms with van der Waals surface area (Å²) in [5.74, 6) is 0. The van der Waals surface area contributed by atoms with E-state index in [1.54, 1.807) is 6.20 Å². The maximum absolute atomic E-state index is 5.36. The number of benzene rings is 1. The molecule has 1 nitrogen and oxygen atoms in total. The Morgan fingerprint density at radius 1 is 1.45 bits per heavy atom. The second-order valence-corrected chi connectivity index (χ2v) is 3.18. The molecule has 0 aliphatic heterocycles. The van der Waals surface area contributed by atoms with Crippen molar-refractivity contribution in [3.8, 4) is 0 Å². The van der Waals surface area contributed by atoms with E-state index in [9.17, 15) is 0 Å². The van der Waals surface area contributed by atoms with E-state index >= 15 is 0 Å². The standard InChI is InChI=1S/C9H10BrN/c1-7-4-2-3-5-8(7)9(10)6-11/h2-6H,11H2,1H3/b9-6+. The molecule has 0 spiro atoms. The van der Waals surface area contributed by atoms with Crippen LogP contribution in [0.25, 0.3) is 4.48 Å². The van der Waals surface area contributed by atoms with Gasteiger partial charge >= 0.3 is 0 Å². The van der Waals surface area contributed by atoms with Gasteiger partial charge in [-0.3, -0.25) is 0 Å². The average molecular weight is 212 g/mol. The van der Waals surface area contributed by atoms with E-state index < -0.39 is 0 Å². The second kappa shape index (κ2) is 3.58. The Kier molecular flexibility index (Phi) is 2.71. The normalized spacial score (nSPS) is 11.6. The highest BCUT2D eigenvalue weighted by Crippen LogP contribution is 2.22. The van der Waals surface area contributed by atoms with E-state index in [1.807, 2.05) is 18.2 Å². The Bertz CT molecular complexity index is 279. The van der Waals surface area contributed by atoms with E-state index in [1.165, 1.54) is 5.56 Å². The molecule has 0 saturated carbocycles. The molecule has 2 heteroatoms. The minimum Gasteiger partial charge on any atom is -0.404 e. The van der Waals surface area contributed by atoms with Gasteiger partial charge in [0.1, 0.15) is 0 Å². The lowest BCUT2D eigenvalue weighted by molar-refractivity contribution is 1.43. The van der Waals surface area contributed by atoms with Crippen LogP contribution in [0.4, 0.5) is 0 Å². The minimum atomic E-state index is 0.940. The van der Waals surface area contributed by atoms with Crippen molar-refractivity contribution < 1.29 is 0 Å². The quantitative estimate of drug-likeness (QED) is 0.760. The van der Waals surface area contributed by atoms with E-state index in [4.69, 9.17) is 5.73 Å². The molecular weight excluding hydrogens is 202 g/mol. The molecule has 0 aliphatic rings. The predicted molar refractivity (Wildman–Crippen MR) is 52.3 cm³/mol. The zero-order valence-electron chi connectivity index (χ0n) is 6.34. The smallest absolute Gasteiger partial charge is 0.0404 e. The van der Waals surface area contributed by atoms with Crippen molar-refractivity contribution in [1.29, 1.82) is 0 Å².